The number of aryl methyl sites for hydroxylation is 2. The number of pyridine rings is 1. The Bertz CT molecular complexity index is 361. The molecular formula is C10H14N2O2. The zero-order chi connectivity index (χ0) is 10.7. The van der Waals surface area contributed by atoms with E-state index in [9.17, 15) is 4.79 Å². The quantitative estimate of drug-likeness (QED) is 0.724. The van der Waals surface area contributed by atoms with Crippen LogP contribution in [0, 0.1) is 13.8 Å². The first-order valence-corrected chi connectivity index (χ1v) is 4.46. The molecule has 1 aromatic rings. The highest BCUT2D eigenvalue weighted by molar-refractivity contribution is 5.96. The molecule has 0 aromatic carbocycles. The largest absolute Gasteiger partial charge is 0.462 e. The number of esters is 1. The molecule has 76 valence electrons. The topological polar surface area (TPSA) is 65.2 Å². The molecule has 1 heterocycles. The second kappa shape index (κ2) is 4.09. The summed E-state index contributed by atoms with van der Waals surface area (Å²) in [5.74, 6) is -0.404. The van der Waals surface area contributed by atoms with Gasteiger partial charge in [-0.1, -0.05) is 0 Å². The number of hydrogen-bond donors (Lipinski definition) is 1. The second-order valence-electron chi connectivity index (χ2n) is 3.04. The maximum atomic E-state index is 11.5. The number of nitrogen functional groups attached to an aromatic ring is 1. The Kier molecular flexibility index (Phi) is 3.06. The molecule has 0 spiro atoms. The van der Waals surface area contributed by atoms with Crippen molar-refractivity contribution in [3.8, 4) is 0 Å². The van der Waals surface area contributed by atoms with Crippen molar-refractivity contribution in [3.05, 3.63) is 23.0 Å². The highest BCUT2D eigenvalue weighted by Gasteiger charge is 2.16. The van der Waals surface area contributed by atoms with E-state index < -0.39 is 5.97 Å². The van der Waals surface area contributed by atoms with Crippen molar-refractivity contribution in [2.45, 2.75) is 20.8 Å². The lowest BCUT2D eigenvalue weighted by Gasteiger charge is -2.09. The zero-order valence-electron chi connectivity index (χ0n) is 8.63. The van der Waals surface area contributed by atoms with Gasteiger partial charge in [-0.2, -0.15) is 0 Å². The second-order valence-corrected chi connectivity index (χ2v) is 3.04. The maximum Gasteiger partial charge on any atom is 0.342 e. The molecule has 0 fully saturated rings. The molecule has 0 bridgehead atoms. The highest BCUT2D eigenvalue weighted by atomic mass is 16.5. The van der Waals surface area contributed by atoms with Crippen molar-refractivity contribution in [2.24, 2.45) is 0 Å². The third-order valence-corrected chi connectivity index (χ3v) is 1.99. The minimum atomic E-state index is -0.404. The number of carbonyl (C=O) groups is 1. The van der Waals surface area contributed by atoms with Crippen LogP contribution in [0.15, 0.2) is 6.20 Å². The van der Waals surface area contributed by atoms with Gasteiger partial charge in [0.15, 0.2) is 0 Å². The molecule has 0 atom stereocenters. The van der Waals surface area contributed by atoms with E-state index >= 15 is 0 Å². The molecule has 1 rings (SSSR count). The number of aromatic nitrogens is 1. The van der Waals surface area contributed by atoms with E-state index in [1.807, 2.05) is 6.92 Å². The Morgan fingerprint density at radius 3 is 2.79 bits per heavy atom. The average molecular weight is 194 g/mol. The van der Waals surface area contributed by atoms with E-state index in [4.69, 9.17) is 10.5 Å². The lowest BCUT2D eigenvalue weighted by Crippen LogP contribution is -2.12. The molecule has 1 aromatic heterocycles. The fourth-order valence-corrected chi connectivity index (χ4v) is 1.18. The predicted octanol–water partition coefficient (Wildman–Crippen LogP) is 1.46. The van der Waals surface area contributed by atoms with Crippen LogP contribution in [0.5, 0.6) is 0 Å². The molecule has 4 nitrogen and oxygen atoms in total. The van der Waals surface area contributed by atoms with Crippen molar-refractivity contribution in [2.75, 3.05) is 12.3 Å². The molecule has 0 unspecified atom stereocenters. The summed E-state index contributed by atoms with van der Waals surface area (Å²) >= 11 is 0. The van der Waals surface area contributed by atoms with Gasteiger partial charge in [-0.25, -0.2) is 4.79 Å². The standard InChI is InChI=1S/C10H14N2O2/c1-4-14-10(13)8-7(3)12-5-6(2)9(8)11/h5H,4H2,1-3H3,(H2,11,12). The molecule has 0 aliphatic heterocycles. The minimum Gasteiger partial charge on any atom is -0.462 e. The fraction of sp³-hybridized carbons (Fsp3) is 0.400. The summed E-state index contributed by atoms with van der Waals surface area (Å²) in [5, 5.41) is 0. The van der Waals surface area contributed by atoms with Crippen molar-refractivity contribution in [1.29, 1.82) is 0 Å². The summed E-state index contributed by atoms with van der Waals surface area (Å²) in [4.78, 5) is 15.6. The first-order chi connectivity index (χ1) is 6.57. The summed E-state index contributed by atoms with van der Waals surface area (Å²) in [6.45, 7) is 5.64. The van der Waals surface area contributed by atoms with Crippen LogP contribution in [-0.4, -0.2) is 17.6 Å². The number of ether oxygens (including phenoxy) is 1. The number of anilines is 1. The van der Waals surface area contributed by atoms with E-state index in [1.165, 1.54) is 0 Å². The van der Waals surface area contributed by atoms with Crippen molar-refractivity contribution < 1.29 is 9.53 Å². The smallest absolute Gasteiger partial charge is 0.342 e. The third-order valence-electron chi connectivity index (χ3n) is 1.99. The Labute approximate surface area is 83.1 Å². The lowest BCUT2D eigenvalue weighted by atomic mass is 10.1. The molecular weight excluding hydrogens is 180 g/mol. The summed E-state index contributed by atoms with van der Waals surface area (Å²) in [6, 6.07) is 0. The van der Waals surface area contributed by atoms with Crippen molar-refractivity contribution in [1.82, 2.24) is 4.98 Å². The Morgan fingerprint density at radius 2 is 2.21 bits per heavy atom. The van der Waals surface area contributed by atoms with Gasteiger partial charge in [-0.15, -0.1) is 0 Å². The average Bonchev–Trinajstić information content (AvgIpc) is 2.13. The van der Waals surface area contributed by atoms with Crippen LogP contribution in [0.4, 0.5) is 5.69 Å². The SMILES string of the molecule is CCOC(=O)c1c(C)ncc(C)c1N. The molecule has 0 amide bonds. The predicted molar refractivity (Wildman–Crippen MR) is 54.1 cm³/mol. The number of rotatable bonds is 2. The zero-order valence-corrected chi connectivity index (χ0v) is 8.63. The Hall–Kier alpha value is -1.58. The van der Waals surface area contributed by atoms with Crippen LogP contribution >= 0.6 is 0 Å². The van der Waals surface area contributed by atoms with Gasteiger partial charge in [-0.05, 0) is 26.3 Å². The summed E-state index contributed by atoms with van der Waals surface area (Å²) in [6.07, 6.45) is 1.65. The monoisotopic (exact) mass is 194 g/mol. The third kappa shape index (κ3) is 1.84. The fourth-order valence-electron chi connectivity index (χ4n) is 1.18. The first kappa shape index (κ1) is 10.5. The maximum absolute atomic E-state index is 11.5. The van der Waals surface area contributed by atoms with E-state index in [0.717, 1.165) is 5.56 Å². The molecule has 0 aliphatic carbocycles. The van der Waals surface area contributed by atoms with Gasteiger partial charge in [-0.3, -0.25) is 4.98 Å². The number of nitrogens with two attached hydrogens (primary N) is 1. The molecule has 0 saturated heterocycles. The van der Waals surface area contributed by atoms with Crippen molar-refractivity contribution >= 4 is 11.7 Å². The van der Waals surface area contributed by atoms with E-state index in [1.54, 1.807) is 20.0 Å². The molecule has 14 heavy (non-hydrogen) atoms. The van der Waals surface area contributed by atoms with Crippen LogP contribution in [0.2, 0.25) is 0 Å². The van der Waals surface area contributed by atoms with Gasteiger partial charge in [0, 0.05) is 6.20 Å². The summed E-state index contributed by atoms with van der Waals surface area (Å²) in [7, 11) is 0. The first-order valence-electron chi connectivity index (χ1n) is 4.46. The molecule has 4 heteroatoms. The van der Waals surface area contributed by atoms with Crippen LogP contribution in [-0.2, 0) is 4.74 Å². The molecule has 0 saturated carbocycles. The normalized spacial score (nSPS) is 9.93. The number of carbonyl (C=O) groups excluding carboxylic acids is 1. The van der Waals surface area contributed by atoms with Crippen LogP contribution in [0.1, 0.15) is 28.5 Å². The van der Waals surface area contributed by atoms with E-state index in [-0.39, 0.29) is 0 Å². The van der Waals surface area contributed by atoms with Gasteiger partial charge in [0.2, 0.25) is 0 Å². The van der Waals surface area contributed by atoms with Gasteiger partial charge in [0.25, 0.3) is 0 Å². The van der Waals surface area contributed by atoms with Gasteiger partial charge >= 0.3 is 5.97 Å². The minimum absolute atomic E-state index is 0.339. The van der Waals surface area contributed by atoms with Gasteiger partial charge in [0.05, 0.1) is 18.0 Å². The molecule has 0 radical (unpaired) electrons. The van der Waals surface area contributed by atoms with Gasteiger partial charge < -0.3 is 10.5 Å². The number of hydrogen-bond acceptors (Lipinski definition) is 4. The Morgan fingerprint density at radius 1 is 1.57 bits per heavy atom. The van der Waals surface area contributed by atoms with Crippen LogP contribution in [0.25, 0.3) is 0 Å². The summed E-state index contributed by atoms with van der Waals surface area (Å²) in [5.41, 5.74) is 8.00. The van der Waals surface area contributed by atoms with E-state index in [2.05, 4.69) is 4.98 Å². The highest BCUT2D eigenvalue weighted by Crippen LogP contribution is 2.19. The lowest BCUT2D eigenvalue weighted by molar-refractivity contribution is 0.0526. The Balaban J connectivity index is 3.18. The summed E-state index contributed by atoms with van der Waals surface area (Å²) < 4.78 is 4.89. The molecule has 0 aliphatic rings. The van der Waals surface area contributed by atoms with Gasteiger partial charge in [0.1, 0.15) is 5.56 Å². The van der Waals surface area contributed by atoms with Crippen LogP contribution in [0.3, 0.4) is 0 Å². The van der Waals surface area contributed by atoms with Crippen LogP contribution < -0.4 is 5.73 Å². The van der Waals surface area contributed by atoms with Crippen molar-refractivity contribution in [3.63, 3.8) is 0 Å². The van der Waals surface area contributed by atoms with E-state index in [0.29, 0.717) is 23.6 Å². The number of nitrogens with zero attached hydrogens (tertiary/aromatic N) is 1. The molecule has 2 N–H and O–H groups in total.